The van der Waals surface area contributed by atoms with Crippen molar-refractivity contribution in [1.82, 2.24) is 4.90 Å². The molecule has 0 fully saturated rings. The van der Waals surface area contributed by atoms with E-state index >= 15 is 0 Å². The van der Waals surface area contributed by atoms with Crippen LogP contribution in [0, 0.1) is 11.8 Å². The zero-order valence-electron chi connectivity index (χ0n) is 8.63. The van der Waals surface area contributed by atoms with Crippen LogP contribution in [-0.2, 0) is 0 Å². The van der Waals surface area contributed by atoms with Gasteiger partial charge in [0.25, 0.3) is 0 Å². The van der Waals surface area contributed by atoms with Crippen LogP contribution in [0.25, 0.3) is 0 Å². The van der Waals surface area contributed by atoms with Crippen molar-refractivity contribution in [3.8, 4) is 11.8 Å². The van der Waals surface area contributed by atoms with Crippen LogP contribution in [0.1, 0.15) is 12.0 Å². The Kier molecular flexibility index (Phi) is 2.99. The summed E-state index contributed by atoms with van der Waals surface area (Å²) in [4.78, 5) is 2.17. The summed E-state index contributed by atoms with van der Waals surface area (Å²) in [5.74, 6) is 6.29. The third-order valence-corrected chi connectivity index (χ3v) is 2.64. The SMILES string of the molecule is CN1CCC=C1C#Cc1ccc(Cl)cc1. The molecular formula is C13H12ClN. The number of rotatable bonds is 0. The lowest BCUT2D eigenvalue weighted by atomic mass is 10.2. The van der Waals surface area contributed by atoms with Gasteiger partial charge in [-0.25, -0.2) is 0 Å². The van der Waals surface area contributed by atoms with E-state index in [-0.39, 0.29) is 0 Å². The maximum atomic E-state index is 5.79. The molecule has 0 aromatic heterocycles. The molecule has 15 heavy (non-hydrogen) atoms. The Labute approximate surface area is 95.4 Å². The van der Waals surface area contributed by atoms with Crippen molar-refractivity contribution in [2.45, 2.75) is 6.42 Å². The topological polar surface area (TPSA) is 3.24 Å². The summed E-state index contributed by atoms with van der Waals surface area (Å²) in [7, 11) is 2.06. The Bertz CT molecular complexity index is 434. The van der Waals surface area contributed by atoms with Gasteiger partial charge in [0, 0.05) is 24.2 Å². The molecule has 0 saturated heterocycles. The van der Waals surface area contributed by atoms with E-state index in [1.165, 1.54) is 0 Å². The quantitative estimate of drug-likeness (QED) is 0.604. The van der Waals surface area contributed by atoms with Crippen LogP contribution in [0.3, 0.4) is 0 Å². The fourth-order valence-corrected chi connectivity index (χ4v) is 1.61. The molecule has 0 N–H and O–H groups in total. The van der Waals surface area contributed by atoms with Crippen molar-refractivity contribution < 1.29 is 0 Å². The summed E-state index contributed by atoms with van der Waals surface area (Å²) in [5, 5.41) is 0.748. The maximum Gasteiger partial charge on any atom is 0.0840 e. The minimum atomic E-state index is 0.748. The first-order valence-electron chi connectivity index (χ1n) is 4.94. The van der Waals surface area contributed by atoms with Gasteiger partial charge in [-0.3, -0.25) is 0 Å². The van der Waals surface area contributed by atoms with Crippen LogP contribution < -0.4 is 0 Å². The fraction of sp³-hybridized carbons (Fsp3) is 0.231. The van der Waals surface area contributed by atoms with Crippen LogP contribution in [0.2, 0.25) is 5.02 Å². The molecule has 76 valence electrons. The molecule has 0 spiro atoms. The molecular weight excluding hydrogens is 206 g/mol. The van der Waals surface area contributed by atoms with E-state index in [2.05, 4.69) is 29.9 Å². The lowest BCUT2D eigenvalue weighted by Crippen LogP contribution is -2.11. The molecule has 1 nitrogen and oxygen atoms in total. The van der Waals surface area contributed by atoms with E-state index < -0.39 is 0 Å². The van der Waals surface area contributed by atoms with Crippen LogP contribution in [0.4, 0.5) is 0 Å². The van der Waals surface area contributed by atoms with E-state index in [1.807, 2.05) is 24.3 Å². The van der Waals surface area contributed by atoms with Crippen molar-refractivity contribution >= 4 is 11.6 Å². The maximum absolute atomic E-state index is 5.79. The van der Waals surface area contributed by atoms with Crippen LogP contribution >= 0.6 is 11.6 Å². The van der Waals surface area contributed by atoms with Gasteiger partial charge in [0.1, 0.15) is 0 Å². The third kappa shape index (κ3) is 2.55. The summed E-state index contributed by atoms with van der Waals surface area (Å²) < 4.78 is 0. The van der Waals surface area contributed by atoms with Gasteiger partial charge >= 0.3 is 0 Å². The Balaban J connectivity index is 2.15. The smallest absolute Gasteiger partial charge is 0.0840 e. The lowest BCUT2D eigenvalue weighted by molar-refractivity contribution is 0.475. The molecule has 1 aliphatic heterocycles. The largest absolute Gasteiger partial charge is 0.368 e. The first-order chi connectivity index (χ1) is 7.25. The van der Waals surface area contributed by atoms with Gasteiger partial charge in [0.2, 0.25) is 0 Å². The first-order valence-corrected chi connectivity index (χ1v) is 5.32. The average molecular weight is 218 g/mol. The Morgan fingerprint density at radius 3 is 2.53 bits per heavy atom. The molecule has 2 rings (SSSR count). The van der Waals surface area contributed by atoms with Crippen molar-refractivity contribution in [3.63, 3.8) is 0 Å². The molecule has 2 heteroatoms. The highest BCUT2D eigenvalue weighted by molar-refractivity contribution is 6.30. The number of hydrogen-bond donors (Lipinski definition) is 0. The molecule has 0 radical (unpaired) electrons. The molecule has 0 amide bonds. The number of benzene rings is 1. The number of nitrogens with zero attached hydrogens (tertiary/aromatic N) is 1. The van der Waals surface area contributed by atoms with E-state index in [9.17, 15) is 0 Å². The van der Waals surface area contributed by atoms with Gasteiger partial charge in [-0.2, -0.15) is 0 Å². The molecule has 1 aromatic rings. The summed E-state index contributed by atoms with van der Waals surface area (Å²) in [6.07, 6.45) is 3.27. The monoisotopic (exact) mass is 217 g/mol. The molecule has 0 aliphatic carbocycles. The molecule has 0 saturated carbocycles. The minimum Gasteiger partial charge on any atom is -0.368 e. The molecule has 0 unspecified atom stereocenters. The zero-order chi connectivity index (χ0) is 10.7. The predicted octanol–water partition coefficient (Wildman–Crippen LogP) is 2.91. The standard InChI is InChI=1S/C13H12ClN/c1-15-10-2-3-13(15)9-6-11-4-7-12(14)8-5-11/h3-5,7-8H,2,10H2,1H3. The van der Waals surface area contributed by atoms with Crippen LogP contribution in [0.15, 0.2) is 36.0 Å². The van der Waals surface area contributed by atoms with E-state index in [1.54, 1.807) is 0 Å². The van der Waals surface area contributed by atoms with E-state index in [4.69, 9.17) is 11.6 Å². The molecule has 0 bridgehead atoms. The summed E-state index contributed by atoms with van der Waals surface area (Å²) in [6, 6.07) is 7.59. The van der Waals surface area contributed by atoms with Crippen molar-refractivity contribution in [3.05, 3.63) is 46.6 Å². The normalized spacial score (nSPS) is 14.5. The van der Waals surface area contributed by atoms with Gasteiger partial charge in [-0.1, -0.05) is 23.6 Å². The van der Waals surface area contributed by atoms with Gasteiger partial charge in [-0.05, 0) is 36.6 Å². The highest BCUT2D eigenvalue weighted by Gasteiger charge is 2.06. The van der Waals surface area contributed by atoms with Gasteiger partial charge in [0.15, 0.2) is 0 Å². The number of hydrogen-bond acceptors (Lipinski definition) is 1. The third-order valence-electron chi connectivity index (χ3n) is 2.39. The van der Waals surface area contributed by atoms with Crippen LogP contribution in [-0.4, -0.2) is 18.5 Å². The van der Waals surface area contributed by atoms with Gasteiger partial charge < -0.3 is 4.90 Å². The van der Waals surface area contributed by atoms with Crippen LogP contribution in [0.5, 0.6) is 0 Å². The summed E-state index contributed by atoms with van der Waals surface area (Å²) in [6.45, 7) is 1.07. The Morgan fingerprint density at radius 2 is 1.93 bits per heavy atom. The molecule has 0 atom stereocenters. The highest BCUT2D eigenvalue weighted by Crippen LogP contribution is 2.12. The lowest BCUT2D eigenvalue weighted by Gasteiger charge is -2.09. The Morgan fingerprint density at radius 1 is 1.20 bits per heavy atom. The summed E-state index contributed by atoms with van der Waals surface area (Å²) >= 11 is 5.79. The zero-order valence-corrected chi connectivity index (χ0v) is 9.38. The fourth-order valence-electron chi connectivity index (χ4n) is 1.49. The number of halogens is 1. The second kappa shape index (κ2) is 4.42. The van der Waals surface area contributed by atoms with E-state index in [0.717, 1.165) is 29.2 Å². The van der Waals surface area contributed by atoms with Gasteiger partial charge in [-0.15, -0.1) is 0 Å². The average Bonchev–Trinajstić information content (AvgIpc) is 2.63. The van der Waals surface area contributed by atoms with Crippen molar-refractivity contribution in [2.75, 3.05) is 13.6 Å². The second-order valence-electron chi connectivity index (χ2n) is 3.56. The van der Waals surface area contributed by atoms with E-state index in [0.29, 0.717) is 0 Å². The molecule has 1 aliphatic rings. The number of allylic oxidation sites excluding steroid dienone is 1. The van der Waals surface area contributed by atoms with Crippen molar-refractivity contribution in [1.29, 1.82) is 0 Å². The predicted molar refractivity (Wildman–Crippen MR) is 63.7 cm³/mol. The first kappa shape index (κ1) is 10.1. The minimum absolute atomic E-state index is 0.748. The van der Waals surface area contributed by atoms with Crippen molar-refractivity contribution in [2.24, 2.45) is 0 Å². The van der Waals surface area contributed by atoms with Gasteiger partial charge in [0.05, 0.1) is 5.70 Å². The Hall–Kier alpha value is -1.39. The molecule has 1 aromatic carbocycles. The molecule has 1 heterocycles. The second-order valence-corrected chi connectivity index (χ2v) is 3.99. The summed E-state index contributed by atoms with van der Waals surface area (Å²) in [5.41, 5.74) is 2.12. The highest BCUT2D eigenvalue weighted by atomic mass is 35.5.